The monoisotopic (exact) mass is 651 g/mol. The van der Waals surface area contributed by atoms with E-state index in [1.165, 1.54) is 29.8 Å². The molecule has 13 heteroatoms. The third-order valence-electron chi connectivity index (χ3n) is 8.25. The topological polar surface area (TPSA) is 158 Å². The van der Waals surface area contributed by atoms with Gasteiger partial charge in [-0.3, -0.25) is 14.4 Å². The molecule has 4 amide bonds. The molecule has 2 atom stereocenters. The SMILES string of the molecule is CN1N=C2CCN(C(=O)C(CCc3cc(C(=O)O)ccc3F)NC(=O)C(C)(C)NC(=O)OC(C)(C)C)CC2(Cc2ccccc2)C1=O. The number of benzene rings is 2. The number of nitrogens with one attached hydrogen (secondary N) is 2. The Morgan fingerprint density at radius 3 is 2.40 bits per heavy atom. The number of carboxylic acids is 1. The zero-order valence-electron chi connectivity index (χ0n) is 27.6. The quantitative estimate of drug-likeness (QED) is 0.355. The number of hydrogen-bond acceptors (Lipinski definition) is 7. The fraction of sp³-hybridized carbons (Fsp3) is 0.471. The van der Waals surface area contributed by atoms with Gasteiger partial charge in [0.15, 0.2) is 0 Å². The molecule has 0 aromatic heterocycles. The molecule has 0 radical (unpaired) electrons. The summed E-state index contributed by atoms with van der Waals surface area (Å²) in [5, 5.41) is 20.4. The first-order valence-electron chi connectivity index (χ1n) is 15.4. The van der Waals surface area contributed by atoms with Crippen molar-refractivity contribution in [3.05, 3.63) is 71.0 Å². The Morgan fingerprint density at radius 1 is 1.09 bits per heavy atom. The first-order valence-corrected chi connectivity index (χ1v) is 15.4. The van der Waals surface area contributed by atoms with Crippen LogP contribution in [0.3, 0.4) is 0 Å². The Hall–Kier alpha value is -4.81. The summed E-state index contributed by atoms with van der Waals surface area (Å²) in [5.74, 6) is -3.33. The lowest BCUT2D eigenvalue weighted by molar-refractivity contribution is -0.142. The van der Waals surface area contributed by atoms with Crippen molar-refractivity contribution in [3.63, 3.8) is 0 Å². The van der Waals surface area contributed by atoms with Crippen molar-refractivity contribution in [1.29, 1.82) is 0 Å². The second-order valence-electron chi connectivity index (χ2n) is 13.6. The van der Waals surface area contributed by atoms with Crippen LogP contribution in [0.5, 0.6) is 0 Å². The number of piperidine rings is 1. The highest BCUT2D eigenvalue weighted by molar-refractivity contribution is 6.13. The number of likely N-dealkylation sites (tertiary alicyclic amines) is 1. The van der Waals surface area contributed by atoms with Gasteiger partial charge in [0.05, 0.1) is 11.3 Å². The van der Waals surface area contributed by atoms with E-state index in [1.54, 1.807) is 27.8 Å². The Labute approximate surface area is 273 Å². The van der Waals surface area contributed by atoms with Crippen LogP contribution in [0.2, 0.25) is 0 Å². The fourth-order valence-electron chi connectivity index (χ4n) is 5.85. The highest BCUT2D eigenvalue weighted by Crippen LogP contribution is 2.38. The molecule has 0 spiro atoms. The maximum atomic E-state index is 14.8. The lowest BCUT2D eigenvalue weighted by Crippen LogP contribution is -2.62. The van der Waals surface area contributed by atoms with Crippen molar-refractivity contribution in [1.82, 2.24) is 20.5 Å². The van der Waals surface area contributed by atoms with Crippen molar-refractivity contribution < 1.29 is 38.2 Å². The second kappa shape index (κ2) is 13.5. The number of alkyl carbamates (subject to hydrolysis) is 1. The largest absolute Gasteiger partial charge is 0.478 e. The normalized spacial score (nSPS) is 18.6. The number of hydrogen-bond donors (Lipinski definition) is 3. The molecule has 252 valence electrons. The molecule has 12 nitrogen and oxygen atoms in total. The Kier molecular flexibility index (Phi) is 10.1. The predicted molar refractivity (Wildman–Crippen MR) is 171 cm³/mol. The van der Waals surface area contributed by atoms with E-state index >= 15 is 0 Å². The fourth-order valence-corrected chi connectivity index (χ4v) is 5.85. The highest BCUT2D eigenvalue weighted by Gasteiger charge is 2.54. The van der Waals surface area contributed by atoms with E-state index in [0.717, 1.165) is 17.7 Å². The molecule has 3 N–H and O–H groups in total. The van der Waals surface area contributed by atoms with E-state index < -0.39 is 52.3 Å². The van der Waals surface area contributed by atoms with Crippen LogP contribution in [-0.4, -0.2) is 87.8 Å². The van der Waals surface area contributed by atoms with Crippen molar-refractivity contribution in [2.45, 2.75) is 77.5 Å². The molecule has 2 aromatic rings. The molecule has 2 unspecified atom stereocenters. The van der Waals surface area contributed by atoms with Crippen LogP contribution in [0.4, 0.5) is 9.18 Å². The molecule has 2 aliphatic rings. The number of nitrogens with zero attached hydrogens (tertiary/aromatic N) is 3. The number of carbonyl (C=O) groups excluding carboxylic acids is 4. The van der Waals surface area contributed by atoms with Crippen LogP contribution in [0, 0.1) is 11.2 Å². The number of hydrazone groups is 1. The van der Waals surface area contributed by atoms with Crippen LogP contribution in [0.15, 0.2) is 53.6 Å². The zero-order valence-corrected chi connectivity index (χ0v) is 27.6. The summed E-state index contributed by atoms with van der Waals surface area (Å²) in [6.07, 6.45) is -0.361. The number of aromatic carboxylic acids is 1. The molecular formula is C34H42FN5O7. The van der Waals surface area contributed by atoms with Gasteiger partial charge in [0.25, 0.3) is 5.91 Å². The van der Waals surface area contributed by atoms with E-state index in [9.17, 15) is 33.5 Å². The maximum Gasteiger partial charge on any atom is 0.408 e. The Balaban J connectivity index is 1.62. The van der Waals surface area contributed by atoms with Crippen LogP contribution in [-0.2, 0) is 32.0 Å². The van der Waals surface area contributed by atoms with Crippen molar-refractivity contribution in [2.24, 2.45) is 10.5 Å². The van der Waals surface area contributed by atoms with Gasteiger partial charge in [-0.15, -0.1) is 0 Å². The minimum absolute atomic E-state index is 0.0114. The van der Waals surface area contributed by atoms with Crippen molar-refractivity contribution in [3.8, 4) is 0 Å². The average Bonchev–Trinajstić information content (AvgIpc) is 3.22. The maximum absolute atomic E-state index is 14.8. The van der Waals surface area contributed by atoms with Crippen molar-refractivity contribution >= 4 is 35.5 Å². The molecule has 47 heavy (non-hydrogen) atoms. The number of aryl methyl sites for hydroxylation is 1. The predicted octanol–water partition coefficient (Wildman–Crippen LogP) is 3.53. The van der Waals surface area contributed by atoms with Gasteiger partial charge in [-0.2, -0.15) is 5.10 Å². The van der Waals surface area contributed by atoms with Gasteiger partial charge in [-0.05, 0) is 83.2 Å². The van der Waals surface area contributed by atoms with Gasteiger partial charge >= 0.3 is 12.1 Å². The lowest BCUT2D eigenvalue weighted by atomic mass is 9.73. The number of fused-ring (bicyclic) bond motifs is 1. The molecule has 4 rings (SSSR count). The zero-order chi connectivity index (χ0) is 34.7. The molecule has 0 bridgehead atoms. The molecule has 0 saturated carbocycles. The second-order valence-corrected chi connectivity index (χ2v) is 13.6. The van der Waals surface area contributed by atoms with Crippen LogP contribution in [0.25, 0.3) is 0 Å². The van der Waals surface area contributed by atoms with Gasteiger partial charge < -0.3 is 25.4 Å². The van der Waals surface area contributed by atoms with Gasteiger partial charge in [-0.1, -0.05) is 30.3 Å². The number of amides is 4. The van der Waals surface area contributed by atoms with E-state index in [4.69, 9.17) is 4.74 Å². The van der Waals surface area contributed by atoms with E-state index in [2.05, 4.69) is 15.7 Å². The average molecular weight is 652 g/mol. The first kappa shape index (κ1) is 35.1. The Bertz CT molecular complexity index is 1590. The smallest absolute Gasteiger partial charge is 0.408 e. The number of ether oxygens (including phenoxy) is 1. The molecular weight excluding hydrogens is 609 g/mol. The number of carbonyl (C=O) groups is 5. The first-order chi connectivity index (χ1) is 21.9. The molecule has 2 aromatic carbocycles. The molecule has 1 fully saturated rings. The third kappa shape index (κ3) is 8.13. The number of carboxylic acid groups (broad SMARTS) is 1. The summed E-state index contributed by atoms with van der Waals surface area (Å²) in [6.45, 7) is 8.18. The van der Waals surface area contributed by atoms with Gasteiger partial charge in [0, 0.05) is 26.6 Å². The molecule has 2 aliphatic heterocycles. The van der Waals surface area contributed by atoms with E-state index in [-0.39, 0.29) is 43.0 Å². The van der Waals surface area contributed by atoms with Crippen LogP contribution in [0.1, 0.15) is 68.9 Å². The minimum Gasteiger partial charge on any atom is -0.478 e. The number of halogens is 1. The summed E-state index contributed by atoms with van der Waals surface area (Å²) < 4.78 is 20.1. The summed E-state index contributed by atoms with van der Waals surface area (Å²) >= 11 is 0. The lowest BCUT2D eigenvalue weighted by Gasteiger charge is -2.41. The summed E-state index contributed by atoms with van der Waals surface area (Å²) in [6, 6.07) is 11.6. The summed E-state index contributed by atoms with van der Waals surface area (Å²) in [7, 11) is 1.58. The van der Waals surface area contributed by atoms with Gasteiger partial charge in [-0.25, -0.2) is 19.0 Å². The molecule has 0 aliphatic carbocycles. The van der Waals surface area contributed by atoms with Crippen LogP contribution >= 0.6 is 0 Å². The molecule has 1 saturated heterocycles. The third-order valence-corrected chi connectivity index (χ3v) is 8.25. The van der Waals surface area contributed by atoms with E-state index in [1.807, 2.05) is 30.3 Å². The van der Waals surface area contributed by atoms with E-state index in [0.29, 0.717) is 18.6 Å². The van der Waals surface area contributed by atoms with Crippen LogP contribution < -0.4 is 10.6 Å². The van der Waals surface area contributed by atoms with Crippen molar-refractivity contribution in [2.75, 3.05) is 20.1 Å². The van der Waals surface area contributed by atoms with Gasteiger partial charge in [0.2, 0.25) is 11.8 Å². The minimum atomic E-state index is -1.52. The Morgan fingerprint density at radius 2 is 1.77 bits per heavy atom. The highest BCUT2D eigenvalue weighted by atomic mass is 19.1. The number of rotatable bonds is 10. The summed E-state index contributed by atoms with van der Waals surface area (Å²) in [5.41, 5.74) is -1.93. The summed E-state index contributed by atoms with van der Waals surface area (Å²) in [4.78, 5) is 67.0. The molecule has 2 heterocycles. The standard InChI is InChI=1S/C34H42FN5O7/c1-32(2,3)47-31(46)37-33(4,5)29(44)36-25(15-13-22-18-23(28(42)43)12-14-24(22)35)27(41)40-17-16-26-34(20-40,30(45)39(6)38-26)19-21-10-8-7-9-11-21/h7-12,14,18,25H,13,15-17,19-20H2,1-6H3,(H,36,44)(H,37,46)(H,42,43). The van der Waals surface area contributed by atoms with Gasteiger partial charge in [0.1, 0.15) is 28.4 Å².